The van der Waals surface area contributed by atoms with Gasteiger partial charge in [0.25, 0.3) is 0 Å². The molecular weight excluding hydrogens is 228 g/mol. The van der Waals surface area contributed by atoms with E-state index in [4.69, 9.17) is 0 Å². The maximum Gasteiger partial charge on any atom is 0.104 e. The average molecular weight is 244 g/mol. The fourth-order valence-corrected chi connectivity index (χ4v) is 2.40. The van der Waals surface area contributed by atoms with Gasteiger partial charge < -0.3 is 5.11 Å². The summed E-state index contributed by atoms with van der Waals surface area (Å²) >= 11 is 1.81. The maximum absolute atomic E-state index is 10.2. The topological polar surface area (TPSA) is 20.2 Å². The molecule has 17 heavy (non-hydrogen) atoms. The predicted octanol–water partition coefficient (Wildman–Crippen LogP) is 3.88. The van der Waals surface area contributed by atoms with Gasteiger partial charge in [0.1, 0.15) is 6.10 Å². The summed E-state index contributed by atoms with van der Waals surface area (Å²) in [6, 6.07) is 17.9. The minimum Gasteiger partial charge on any atom is -0.384 e. The molecule has 1 nitrogen and oxygen atoms in total. The van der Waals surface area contributed by atoms with Crippen molar-refractivity contribution in [3.8, 4) is 0 Å². The molecule has 1 unspecified atom stereocenters. The first kappa shape index (κ1) is 12.2. The number of aliphatic hydroxyl groups is 1. The van der Waals surface area contributed by atoms with Crippen LogP contribution >= 0.6 is 11.8 Å². The third-order valence-corrected chi connectivity index (χ3v) is 3.52. The molecule has 0 aliphatic heterocycles. The number of rotatable bonds is 4. The van der Waals surface area contributed by atoms with Crippen molar-refractivity contribution in [1.82, 2.24) is 0 Å². The first-order valence-electron chi connectivity index (χ1n) is 5.77. The highest BCUT2D eigenvalue weighted by Crippen LogP contribution is 2.24. The van der Waals surface area contributed by atoms with Gasteiger partial charge in [0, 0.05) is 4.90 Å². The lowest BCUT2D eigenvalue weighted by Gasteiger charge is -2.11. The van der Waals surface area contributed by atoms with E-state index in [9.17, 15) is 5.11 Å². The van der Waals surface area contributed by atoms with Crippen LogP contribution in [0.3, 0.4) is 0 Å². The van der Waals surface area contributed by atoms with Gasteiger partial charge in [-0.3, -0.25) is 0 Å². The Balaban J connectivity index is 2.17. The molecule has 1 atom stereocenters. The van der Waals surface area contributed by atoms with Crippen LogP contribution in [0.15, 0.2) is 59.5 Å². The Bertz CT molecular complexity index is 450. The SMILES string of the molecule is CCSc1ccc(C(O)c2ccccc2)cc1. The minimum absolute atomic E-state index is 0.531. The molecule has 2 heteroatoms. The van der Waals surface area contributed by atoms with Gasteiger partial charge in [-0.2, -0.15) is 0 Å². The number of hydrogen-bond acceptors (Lipinski definition) is 2. The maximum atomic E-state index is 10.2. The van der Waals surface area contributed by atoms with E-state index >= 15 is 0 Å². The summed E-state index contributed by atoms with van der Waals surface area (Å²) < 4.78 is 0. The predicted molar refractivity (Wildman–Crippen MR) is 73.3 cm³/mol. The average Bonchev–Trinajstić information content (AvgIpc) is 2.40. The van der Waals surface area contributed by atoms with Gasteiger partial charge in [-0.25, -0.2) is 0 Å². The van der Waals surface area contributed by atoms with Crippen LogP contribution in [0.25, 0.3) is 0 Å². The van der Waals surface area contributed by atoms with Gasteiger partial charge >= 0.3 is 0 Å². The Morgan fingerprint density at radius 1 is 0.941 bits per heavy atom. The van der Waals surface area contributed by atoms with Crippen molar-refractivity contribution in [1.29, 1.82) is 0 Å². The molecule has 0 radical (unpaired) electrons. The lowest BCUT2D eigenvalue weighted by molar-refractivity contribution is 0.220. The quantitative estimate of drug-likeness (QED) is 0.824. The van der Waals surface area contributed by atoms with E-state index < -0.39 is 6.10 Å². The molecule has 0 saturated carbocycles. The normalized spacial score (nSPS) is 12.4. The van der Waals surface area contributed by atoms with Crippen LogP contribution in [0, 0.1) is 0 Å². The third-order valence-electron chi connectivity index (χ3n) is 2.62. The van der Waals surface area contributed by atoms with Crippen LogP contribution in [0.2, 0.25) is 0 Å². The van der Waals surface area contributed by atoms with E-state index in [1.165, 1.54) is 4.90 Å². The molecule has 0 aromatic heterocycles. The Labute approximate surface area is 107 Å². The zero-order chi connectivity index (χ0) is 12.1. The number of benzene rings is 2. The van der Waals surface area contributed by atoms with Crippen molar-refractivity contribution < 1.29 is 5.11 Å². The second kappa shape index (κ2) is 5.89. The van der Waals surface area contributed by atoms with Crippen LogP contribution in [0.1, 0.15) is 24.2 Å². The third kappa shape index (κ3) is 3.11. The van der Waals surface area contributed by atoms with Crippen LogP contribution in [-0.2, 0) is 0 Å². The monoisotopic (exact) mass is 244 g/mol. The summed E-state index contributed by atoms with van der Waals surface area (Å²) in [6.07, 6.45) is -0.531. The summed E-state index contributed by atoms with van der Waals surface area (Å²) in [5.74, 6) is 1.07. The number of hydrogen-bond donors (Lipinski definition) is 1. The highest BCUT2D eigenvalue weighted by atomic mass is 32.2. The summed E-state index contributed by atoms with van der Waals surface area (Å²) in [4.78, 5) is 1.25. The first-order chi connectivity index (χ1) is 8.31. The minimum atomic E-state index is -0.531. The van der Waals surface area contributed by atoms with Gasteiger partial charge in [0.15, 0.2) is 0 Å². The molecule has 2 aromatic rings. The van der Waals surface area contributed by atoms with Crippen molar-refractivity contribution in [2.45, 2.75) is 17.9 Å². The van der Waals surface area contributed by atoms with Crippen molar-refractivity contribution in [2.24, 2.45) is 0 Å². The van der Waals surface area contributed by atoms with Crippen LogP contribution in [0.4, 0.5) is 0 Å². The zero-order valence-corrected chi connectivity index (χ0v) is 10.7. The standard InChI is InChI=1S/C15H16OS/c1-2-17-14-10-8-13(9-11-14)15(16)12-6-4-3-5-7-12/h3-11,15-16H,2H2,1H3. The first-order valence-corrected chi connectivity index (χ1v) is 6.75. The van der Waals surface area contributed by atoms with Crippen LogP contribution in [-0.4, -0.2) is 10.9 Å². The molecule has 0 saturated heterocycles. The van der Waals surface area contributed by atoms with E-state index in [0.29, 0.717) is 0 Å². The highest BCUT2D eigenvalue weighted by Gasteiger charge is 2.09. The summed E-state index contributed by atoms with van der Waals surface area (Å²) in [5, 5.41) is 10.2. The van der Waals surface area contributed by atoms with E-state index in [1.807, 2.05) is 54.2 Å². The molecule has 2 aromatic carbocycles. The highest BCUT2D eigenvalue weighted by molar-refractivity contribution is 7.99. The number of aliphatic hydroxyl groups excluding tert-OH is 1. The smallest absolute Gasteiger partial charge is 0.104 e. The Morgan fingerprint density at radius 3 is 2.12 bits per heavy atom. The van der Waals surface area contributed by atoms with Crippen LogP contribution in [0.5, 0.6) is 0 Å². The van der Waals surface area contributed by atoms with Gasteiger partial charge in [0.05, 0.1) is 0 Å². The lowest BCUT2D eigenvalue weighted by atomic mass is 10.0. The van der Waals surface area contributed by atoms with Gasteiger partial charge in [-0.05, 0) is 29.0 Å². The molecule has 0 aliphatic rings. The lowest BCUT2D eigenvalue weighted by Crippen LogP contribution is -1.98. The fraction of sp³-hybridized carbons (Fsp3) is 0.200. The fourth-order valence-electron chi connectivity index (χ4n) is 1.74. The zero-order valence-electron chi connectivity index (χ0n) is 9.84. The Kier molecular flexibility index (Phi) is 4.24. The van der Waals surface area contributed by atoms with Crippen molar-refractivity contribution in [3.05, 3.63) is 65.7 Å². The second-order valence-corrected chi connectivity index (χ2v) is 5.15. The van der Waals surface area contributed by atoms with E-state index in [0.717, 1.165) is 16.9 Å². The van der Waals surface area contributed by atoms with E-state index in [2.05, 4.69) is 19.1 Å². The van der Waals surface area contributed by atoms with E-state index in [-0.39, 0.29) is 0 Å². The molecule has 0 heterocycles. The largest absolute Gasteiger partial charge is 0.384 e. The summed E-state index contributed by atoms with van der Waals surface area (Å²) in [7, 11) is 0. The molecule has 0 amide bonds. The van der Waals surface area contributed by atoms with Crippen molar-refractivity contribution in [2.75, 3.05) is 5.75 Å². The Hall–Kier alpha value is -1.25. The van der Waals surface area contributed by atoms with Crippen molar-refractivity contribution in [3.63, 3.8) is 0 Å². The second-order valence-electron chi connectivity index (χ2n) is 3.82. The van der Waals surface area contributed by atoms with Gasteiger partial charge in [-0.15, -0.1) is 11.8 Å². The molecular formula is C15H16OS. The van der Waals surface area contributed by atoms with Crippen LogP contribution < -0.4 is 0 Å². The summed E-state index contributed by atoms with van der Waals surface area (Å²) in [6.45, 7) is 2.14. The number of thioether (sulfide) groups is 1. The summed E-state index contributed by atoms with van der Waals surface area (Å²) in [5.41, 5.74) is 1.88. The van der Waals surface area contributed by atoms with E-state index in [1.54, 1.807) is 0 Å². The molecule has 0 spiro atoms. The molecule has 0 bridgehead atoms. The molecule has 0 fully saturated rings. The molecule has 0 aliphatic carbocycles. The van der Waals surface area contributed by atoms with Gasteiger partial charge in [-0.1, -0.05) is 49.4 Å². The van der Waals surface area contributed by atoms with Crippen molar-refractivity contribution >= 4 is 11.8 Å². The molecule has 2 rings (SSSR count). The Morgan fingerprint density at radius 2 is 1.53 bits per heavy atom. The molecule has 88 valence electrons. The molecule has 1 N–H and O–H groups in total. The van der Waals surface area contributed by atoms with Gasteiger partial charge in [0.2, 0.25) is 0 Å².